The van der Waals surface area contributed by atoms with Crippen molar-refractivity contribution in [1.29, 1.82) is 0 Å². The Morgan fingerprint density at radius 2 is 1.43 bits per heavy atom. The quantitative estimate of drug-likeness (QED) is 0.512. The van der Waals surface area contributed by atoms with Gasteiger partial charge in [0.15, 0.2) is 0 Å². The standard InChI is InChI=1S/C23H38O5/c1-7-26-18(24)23(19(25)27-8-2)15-11-17-21(5)13-9-12-20(3,4)16(21)10-14-22(17,6)28-23/h16-17H,7-15H2,1-6H3/t16-,17+,21-,22-/m0/s1. The monoisotopic (exact) mass is 394 g/mol. The Hall–Kier alpha value is -1.10. The van der Waals surface area contributed by atoms with Gasteiger partial charge in [0.25, 0.3) is 5.60 Å². The zero-order valence-electron chi connectivity index (χ0n) is 18.6. The molecule has 0 radical (unpaired) electrons. The van der Waals surface area contributed by atoms with Crippen molar-refractivity contribution in [2.45, 2.75) is 97.7 Å². The molecule has 3 fully saturated rings. The highest BCUT2D eigenvalue weighted by Gasteiger charge is 2.66. The molecule has 5 nitrogen and oxygen atoms in total. The van der Waals surface area contributed by atoms with Gasteiger partial charge in [-0.2, -0.15) is 0 Å². The normalized spacial score (nSPS) is 38.6. The number of carbonyl (C=O) groups excluding carboxylic acids is 2. The molecular weight excluding hydrogens is 356 g/mol. The zero-order valence-corrected chi connectivity index (χ0v) is 18.6. The van der Waals surface area contributed by atoms with Crippen LogP contribution in [0.2, 0.25) is 0 Å². The smallest absolute Gasteiger partial charge is 0.350 e. The van der Waals surface area contributed by atoms with Crippen LogP contribution in [-0.4, -0.2) is 36.4 Å². The molecule has 0 aromatic heterocycles. The summed E-state index contributed by atoms with van der Waals surface area (Å²) < 4.78 is 17.1. The van der Waals surface area contributed by atoms with Crippen molar-refractivity contribution in [3.05, 3.63) is 0 Å². The third kappa shape index (κ3) is 3.18. The van der Waals surface area contributed by atoms with E-state index in [2.05, 4.69) is 27.7 Å². The molecule has 0 spiro atoms. The molecule has 0 aromatic rings. The topological polar surface area (TPSA) is 61.8 Å². The van der Waals surface area contributed by atoms with Gasteiger partial charge in [0.2, 0.25) is 0 Å². The van der Waals surface area contributed by atoms with Gasteiger partial charge in [-0.05, 0) is 82.0 Å². The molecule has 1 saturated heterocycles. The summed E-state index contributed by atoms with van der Waals surface area (Å²) in [5.74, 6) is -0.211. The summed E-state index contributed by atoms with van der Waals surface area (Å²) in [5, 5.41) is 0. The lowest BCUT2D eigenvalue weighted by Gasteiger charge is -2.64. The van der Waals surface area contributed by atoms with Crippen LogP contribution in [0.25, 0.3) is 0 Å². The Morgan fingerprint density at radius 3 is 2.00 bits per heavy atom. The molecule has 2 aliphatic carbocycles. The minimum absolute atomic E-state index is 0.171. The summed E-state index contributed by atoms with van der Waals surface area (Å²) in [7, 11) is 0. The Kier molecular flexibility index (Phi) is 5.63. The molecule has 1 heterocycles. The predicted molar refractivity (Wildman–Crippen MR) is 107 cm³/mol. The molecule has 0 N–H and O–H groups in total. The van der Waals surface area contributed by atoms with Crippen molar-refractivity contribution in [1.82, 2.24) is 0 Å². The van der Waals surface area contributed by atoms with Gasteiger partial charge in [-0.25, -0.2) is 9.59 Å². The summed E-state index contributed by atoms with van der Waals surface area (Å²) in [6, 6.07) is 0. The number of hydrogen-bond acceptors (Lipinski definition) is 5. The average molecular weight is 395 g/mol. The van der Waals surface area contributed by atoms with E-state index < -0.39 is 23.1 Å². The van der Waals surface area contributed by atoms with Crippen LogP contribution >= 0.6 is 0 Å². The number of fused-ring (bicyclic) bond motifs is 3. The first kappa shape index (κ1) is 21.6. The second-order valence-electron chi connectivity index (χ2n) is 10.2. The van der Waals surface area contributed by atoms with Crippen LogP contribution in [0, 0.1) is 22.7 Å². The molecule has 0 aromatic carbocycles. The predicted octanol–water partition coefficient (Wildman–Crippen LogP) is 4.66. The van der Waals surface area contributed by atoms with E-state index in [9.17, 15) is 9.59 Å². The van der Waals surface area contributed by atoms with E-state index in [-0.39, 0.29) is 18.6 Å². The summed E-state index contributed by atoms with van der Waals surface area (Å²) in [6.07, 6.45) is 6.75. The van der Waals surface area contributed by atoms with Crippen LogP contribution in [0.4, 0.5) is 0 Å². The Morgan fingerprint density at radius 1 is 0.857 bits per heavy atom. The van der Waals surface area contributed by atoms with Crippen molar-refractivity contribution in [2.24, 2.45) is 22.7 Å². The molecule has 0 bridgehead atoms. The molecule has 5 heteroatoms. The maximum Gasteiger partial charge on any atom is 0.350 e. The fourth-order valence-corrected chi connectivity index (χ4v) is 7.03. The molecule has 0 amide bonds. The molecule has 2 saturated carbocycles. The van der Waals surface area contributed by atoms with E-state index in [0.29, 0.717) is 23.7 Å². The number of ether oxygens (including phenoxy) is 3. The number of carbonyl (C=O) groups is 2. The number of rotatable bonds is 4. The molecule has 3 rings (SSSR count). The first-order valence-corrected chi connectivity index (χ1v) is 11.1. The van der Waals surface area contributed by atoms with Crippen LogP contribution in [0.3, 0.4) is 0 Å². The Balaban J connectivity index is 1.95. The molecule has 1 aliphatic heterocycles. The van der Waals surface area contributed by atoms with E-state index >= 15 is 0 Å². The Labute approximate surface area is 169 Å². The highest BCUT2D eigenvalue weighted by Crippen LogP contribution is 2.65. The summed E-state index contributed by atoms with van der Waals surface area (Å²) >= 11 is 0. The minimum atomic E-state index is -1.62. The molecule has 0 unspecified atom stereocenters. The van der Waals surface area contributed by atoms with Gasteiger partial charge in [0.1, 0.15) is 0 Å². The van der Waals surface area contributed by atoms with Crippen LogP contribution < -0.4 is 0 Å². The van der Waals surface area contributed by atoms with E-state index in [0.717, 1.165) is 19.3 Å². The SMILES string of the molecule is CCOC(=O)C1(C(=O)OCC)CC[C@@H]2[C@@]3(C)CCCC(C)(C)[C@@H]3CC[C@]2(C)O1. The molecular formula is C23H38O5. The number of hydrogen-bond donors (Lipinski definition) is 0. The van der Waals surface area contributed by atoms with Crippen LogP contribution in [0.1, 0.15) is 86.5 Å². The van der Waals surface area contributed by atoms with Crippen molar-refractivity contribution in [3.63, 3.8) is 0 Å². The Bertz CT molecular complexity index is 608. The van der Waals surface area contributed by atoms with Gasteiger partial charge in [-0.1, -0.05) is 27.2 Å². The summed E-state index contributed by atoms with van der Waals surface area (Å²) in [5.41, 5.74) is -1.64. The molecule has 3 aliphatic rings. The fourth-order valence-electron chi connectivity index (χ4n) is 7.03. The molecule has 160 valence electrons. The van der Waals surface area contributed by atoms with Crippen LogP contribution in [-0.2, 0) is 23.8 Å². The van der Waals surface area contributed by atoms with Crippen molar-refractivity contribution >= 4 is 11.9 Å². The van der Waals surface area contributed by atoms with Gasteiger partial charge in [-0.3, -0.25) is 0 Å². The highest BCUT2D eigenvalue weighted by atomic mass is 16.6. The first-order valence-electron chi connectivity index (χ1n) is 11.1. The zero-order chi connectivity index (χ0) is 20.8. The van der Waals surface area contributed by atoms with Crippen molar-refractivity contribution in [3.8, 4) is 0 Å². The van der Waals surface area contributed by atoms with E-state index in [1.807, 2.05) is 0 Å². The van der Waals surface area contributed by atoms with Gasteiger partial charge in [-0.15, -0.1) is 0 Å². The van der Waals surface area contributed by atoms with Gasteiger partial charge in [0.05, 0.1) is 18.8 Å². The van der Waals surface area contributed by atoms with Crippen LogP contribution in [0.5, 0.6) is 0 Å². The lowest BCUT2D eigenvalue weighted by molar-refractivity contribution is -0.271. The fraction of sp³-hybridized carbons (Fsp3) is 0.913. The highest BCUT2D eigenvalue weighted by molar-refractivity contribution is 6.03. The largest absolute Gasteiger partial charge is 0.463 e. The van der Waals surface area contributed by atoms with Crippen molar-refractivity contribution < 1.29 is 23.8 Å². The van der Waals surface area contributed by atoms with E-state index in [1.54, 1.807) is 13.8 Å². The van der Waals surface area contributed by atoms with E-state index in [1.165, 1.54) is 19.3 Å². The van der Waals surface area contributed by atoms with E-state index in [4.69, 9.17) is 14.2 Å². The third-order valence-corrected chi connectivity index (χ3v) is 8.14. The third-order valence-electron chi connectivity index (χ3n) is 8.14. The van der Waals surface area contributed by atoms with Crippen molar-refractivity contribution in [2.75, 3.05) is 13.2 Å². The average Bonchev–Trinajstić information content (AvgIpc) is 2.60. The lowest BCUT2D eigenvalue weighted by Crippen LogP contribution is -2.67. The maximum absolute atomic E-state index is 12.9. The molecule has 4 atom stereocenters. The molecule has 28 heavy (non-hydrogen) atoms. The summed E-state index contributed by atoms with van der Waals surface area (Å²) in [6.45, 7) is 13.3. The maximum atomic E-state index is 12.9. The van der Waals surface area contributed by atoms with Crippen LogP contribution in [0.15, 0.2) is 0 Å². The summed E-state index contributed by atoms with van der Waals surface area (Å²) in [4.78, 5) is 25.7. The van der Waals surface area contributed by atoms with Gasteiger partial charge in [0, 0.05) is 0 Å². The van der Waals surface area contributed by atoms with Gasteiger partial charge >= 0.3 is 11.9 Å². The second kappa shape index (κ2) is 7.30. The van der Waals surface area contributed by atoms with Gasteiger partial charge < -0.3 is 14.2 Å². The second-order valence-corrected chi connectivity index (χ2v) is 10.2. The minimum Gasteiger partial charge on any atom is -0.463 e. The first-order chi connectivity index (χ1) is 13.1. The number of esters is 2. The lowest BCUT2D eigenvalue weighted by atomic mass is 9.44.